The number of aryl methyl sites for hydroxylation is 1. The molecule has 1 aromatic carbocycles. The number of aldehydes is 1. The van der Waals surface area contributed by atoms with Crippen LogP contribution < -0.4 is 21.1 Å². The number of piperazine rings is 1. The van der Waals surface area contributed by atoms with Gasteiger partial charge < -0.3 is 24.9 Å². The molecule has 3 N–H and O–H groups in total. The number of H-pyrrole nitrogens is 1. The quantitative estimate of drug-likeness (QED) is 0.399. The van der Waals surface area contributed by atoms with Crippen molar-refractivity contribution in [1.29, 1.82) is 0 Å². The Morgan fingerprint density at radius 2 is 1.94 bits per heavy atom. The normalized spacial score (nSPS) is 18.0. The molecule has 0 bridgehead atoms. The zero-order valence-corrected chi connectivity index (χ0v) is 19.6. The number of nitrogens with one attached hydrogen (secondary N) is 3. The van der Waals surface area contributed by atoms with Crippen LogP contribution in [0, 0.1) is 12.7 Å². The van der Waals surface area contributed by atoms with E-state index in [9.17, 15) is 14.0 Å². The third kappa shape index (κ3) is 4.76. The van der Waals surface area contributed by atoms with Gasteiger partial charge in [0.1, 0.15) is 5.52 Å². The number of imidazole rings is 1. The van der Waals surface area contributed by atoms with Crippen molar-refractivity contribution in [2.24, 2.45) is 0 Å². The fraction of sp³-hybridized carbons (Fsp3) is 0.333. The number of aromatic amines is 1. The van der Waals surface area contributed by atoms with Crippen LogP contribution in [-0.2, 0) is 0 Å². The topological polar surface area (TPSA) is 107 Å². The average molecular weight is 466 g/mol. The molecule has 4 heterocycles. The van der Waals surface area contributed by atoms with Gasteiger partial charge in [-0.3, -0.25) is 9.59 Å². The summed E-state index contributed by atoms with van der Waals surface area (Å²) in [7, 11) is 1.75. The Hall–Kier alpha value is -3.79. The van der Waals surface area contributed by atoms with Crippen molar-refractivity contribution in [3.63, 3.8) is 0 Å². The minimum atomic E-state index is -0.306. The van der Waals surface area contributed by atoms with E-state index in [1.165, 1.54) is 12.3 Å². The average Bonchev–Trinajstić information content (AvgIpc) is 3.18. The van der Waals surface area contributed by atoms with Crippen LogP contribution in [0.3, 0.4) is 0 Å². The maximum atomic E-state index is 13.3. The summed E-state index contributed by atoms with van der Waals surface area (Å²) in [6.45, 7) is 7.84. The maximum Gasteiger partial charge on any atom is 0.266 e. The summed E-state index contributed by atoms with van der Waals surface area (Å²) in [5.41, 5.74) is 4.20. The summed E-state index contributed by atoms with van der Waals surface area (Å²) in [5, 5.41) is 6.36. The first-order chi connectivity index (χ1) is 16.3. The first kappa shape index (κ1) is 23.4. The van der Waals surface area contributed by atoms with E-state index in [0.717, 1.165) is 36.4 Å². The van der Waals surface area contributed by atoms with E-state index < -0.39 is 0 Å². The van der Waals surface area contributed by atoms with Gasteiger partial charge in [0, 0.05) is 56.2 Å². The molecule has 0 aliphatic carbocycles. The van der Waals surface area contributed by atoms with E-state index in [1.807, 2.05) is 13.0 Å². The molecule has 5 rings (SSSR count). The molecular formula is C24H28FN7O2. The number of carbonyl (C=O) groups excluding carboxylic acids is 1. The molecule has 178 valence electrons. The highest BCUT2D eigenvalue weighted by molar-refractivity contribution is 5.99. The minimum absolute atomic E-state index is 0.301. The zero-order chi connectivity index (χ0) is 24.4. The number of fused-ring (bicyclic) bond motifs is 2. The van der Waals surface area contributed by atoms with Gasteiger partial charge in [-0.05, 0) is 32.9 Å². The first-order valence-corrected chi connectivity index (χ1v) is 11.1. The molecule has 2 unspecified atom stereocenters. The molecule has 0 saturated carbocycles. The van der Waals surface area contributed by atoms with E-state index in [2.05, 4.69) is 44.3 Å². The molecule has 4 aromatic rings. The maximum absolute atomic E-state index is 13.3. The van der Waals surface area contributed by atoms with E-state index in [1.54, 1.807) is 29.9 Å². The lowest BCUT2D eigenvalue weighted by Gasteiger charge is -2.38. The number of anilines is 2. The van der Waals surface area contributed by atoms with Crippen LogP contribution in [0.15, 0.2) is 41.6 Å². The Morgan fingerprint density at radius 1 is 1.21 bits per heavy atom. The second kappa shape index (κ2) is 9.60. The summed E-state index contributed by atoms with van der Waals surface area (Å²) in [6, 6.07) is 5.82. The fourth-order valence-electron chi connectivity index (χ4n) is 4.33. The van der Waals surface area contributed by atoms with Gasteiger partial charge in [-0.25, -0.2) is 14.4 Å². The van der Waals surface area contributed by atoms with Gasteiger partial charge >= 0.3 is 0 Å². The number of rotatable bonds is 3. The van der Waals surface area contributed by atoms with E-state index in [0.29, 0.717) is 34.3 Å². The Bertz CT molecular complexity index is 1390. The van der Waals surface area contributed by atoms with Gasteiger partial charge in [0.15, 0.2) is 17.8 Å². The number of nitrogens with zero attached hydrogens (tertiary/aromatic N) is 4. The van der Waals surface area contributed by atoms with E-state index >= 15 is 0 Å². The van der Waals surface area contributed by atoms with Crippen molar-refractivity contribution >= 4 is 34.3 Å². The summed E-state index contributed by atoms with van der Waals surface area (Å²) in [5.74, 6) is -0.306. The smallest absolute Gasteiger partial charge is 0.266 e. The molecule has 10 heteroatoms. The van der Waals surface area contributed by atoms with Crippen molar-refractivity contribution in [3.05, 3.63) is 64.2 Å². The third-order valence-corrected chi connectivity index (χ3v) is 5.69. The predicted octanol–water partition coefficient (Wildman–Crippen LogP) is 2.75. The minimum Gasteiger partial charge on any atom is -0.387 e. The lowest BCUT2D eigenvalue weighted by Crippen LogP contribution is -2.54. The number of aromatic nitrogens is 4. The Kier molecular flexibility index (Phi) is 6.60. The molecule has 1 aliphatic rings. The molecule has 9 nitrogen and oxygen atoms in total. The monoisotopic (exact) mass is 465 g/mol. The first-order valence-electron chi connectivity index (χ1n) is 11.1. The molecule has 0 radical (unpaired) electrons. The summed E-state index contributed by atoms with van der Waals surface area (Å²) >= 11 is 0. The summed E-state index contributed by atoms with van der Waals surface area (Å²) < 4.78 is 15.0. The van der Waals surface area contributed by atoms with E-state index in [-0.39, 0.29) is 11.4 Å². The Balaban J connectivity index is 0.000000180. The highest BCUT2D eigenvalue weighted by Crippen LogP contribution is 2.27. The molecule has 1 fully saturated rings. The Labute approximate surface area is 196 Å². The van der Waals surface area contributed by atoms with Crippen molar-refractivity contribution in [2.45, 2.75) is 32.9 Å². The van der Waals surface area contributed by atoms with Crippen molar-refractivity contribution in [3.8, 4) is 0 Å². The molecule has 0 amide bonds. The van der Waals surface area contributed by atoms with Crippen molar-refractivity contribution in [1.82, 2.24) is 24.7 Å². The number of halogens is 1. The van der Waals surface area contributed by atoms with Crippen LogP contribution in [0.4, 0.5) is 15.8 Å². The predicted molar refractivity (Wildman–Crippen MR) is 131 cm³/mol. The lowest BCUT2D eigenvalue weighted by molar-refractivity contribution is 0.112. The van der Waals surface area contributed by atoms with Crippen molar-refractivity contribution < 1.29 is 9.18 Å². The number of carbonyl (C=O) groups is 1. The van der Waals surface area contributed by atoms with Crippen LogP contribution in [0.5, 0.6) is 0 Å². The largest absolute Gasteiger partial charge is 0.387 e. The molecule has 1 aliphatic heterocycles. The Morgan fingerprint density at radius 3 is 2.62 bits per heavy atom. The summed E-state index contributed by atoms with van der Waals surface area (Å²) in [6.07, 6.45) is 5.60. The van der Waals surface area contributed by atoms with E-state index in [4.69, 9.17) is 0 Å². The zero-order valence-electron chi connectivity index (χ0n) is 19.6. The van der Waals surface area contributed by atoms with Crippen molar-refractivity contribution in [2.75, 3.05) is 30.4 Å². The SMILES string of the molecule is CC1CN(c2ccc(C=O)c3[nH]c(=O)cnc23)CC(C)N1.CNc1cc(F)c2nc(C)cn2c1. The van der Waals surface area contributed by atoms with Crippen LogP contribution >= 0.6 is 0 Å². The van der Waals surface area contributed by atoms with Gasteiger partial charge in [-0.15, -0.1) is 0 Å². The number of hydrogen-bond acceptors (Lipinski definition) is 7. The molecule has 0 spiro atoms. The molecular weight excluding hydrogens is 437 g/mol. The van der Waals surface area contributed by atoms with Gasteiger partial charge in [-0.2, -0.15) is 0 Å². The highest BCUT2D eigenvalue weighted by atomic mass is 19.1. The van der Waals surface area contributed by atoms with Gasteiger partial charge in [-0.1, -0.05) is 0 Å². The highest BCUT2D eigenvalue weighted by Gasteiger charge is 2.23. The van der Waals surface area contributed by atoms with Crippen LogP contribution in [0.1, 0.15) is 29.9 Å². The van der Waals surface area contributed by atoms with Crippen LogP contribution in [-0.4, -0.2) is 57.9 Å². The number of hydrogen-bond donors (Lipinski definition) is 3. The number of benzene rings is 1. The third-order valence-electron chi connectivity index (χ3n) is 5.69. The molecule has 3 aromatic heterocycles. The van der Waals surface area contributed by atoms with Crippen LogP contribution in [0.25, 0.3) is 16.7 Å². The molecule has 34 heavy (non-hydrogen) atoms. The van der Waals surface area contributed by atoms with Gasteiger partial charge in [0.25, 0.3) is 5.56 Å². The number of pyridine rings is 1. The van der Waals surface area contributed by atoms with Gasteiger partial charge in [0.2, 0.25) is 0 Å². The molecule has 1 saturated heterocycles. The lowest BCUT2D eigenvalue weighted by atomic mass is 10.1. The standard InChI is InChI=1S/C15H18N4O2.C9H10FN3/c1-9-6-19(7-10(2)17-9)12-4-3-11(8-20)14-15(12)16-5-13(21)18-14;1-6-4-13-5-7(11-2)3-8(10)9(13)12-6/h3-5,8-10,17H,6-7H2,1-2H3,(H,18,21);3-5,11H,1-2H3. The van der Waals surface area contributed by atoms with Crippen LogP contribution in [0.2, 0.25) is 0 Å². The summed E-state index contributed by atoms with van der Waals surface area (Å²) in [4.78, 5) is 35.9. The molecule has 2 atom stereocenters. The second-order valence-corrected chi connectivity index (χ2v) is 8.58. The van der Waals surface area contributed by atoms with Gasteiger partial charge in [0.05, 0.1) is 28.8 Å². The fourth-order valence-corrected chi connectivity index (χ4v) is 4.33. The second-order valence-electron chi connectivity index (χ2n) is 8.58.